The van der Waals surface area contributed by atoms with Crippen molar-refractivity contribution < 1.29 is 18.0 Å². The van der Waals surface area contributed by atoms with Crippen molar-refractivity contribution >= 4 is 33.2 Å². The maximum atomic E-state index is 13.1. The molecule has 2 amide bonds. The number of rotatable bonds is 5. The van der Waals surface area contributed by atoms with Crippen LogP contribution in [-0.4, -0.2) is 75.6 Å². The van der Waals surface area contributed by atoms with E-state index in [1.54, 1.807) is 17.0 Å². The maximum Gasteiger partial charge on any atom is 0.253 e. The number of para-hydroxylation sites is 1. The summed E-state index contributed by atoms with van der Waals surface area (Å²) in [5.74, 6) is -0.110. The lowest BCUT2D eigenvalue weighted by molar-refractivity contribution is -0.117. The minimum Gasteiger partial charge on any atom is -0.336 e. The van der Waals surface area contributed by atoms with E-state index in [4.69, 9.17) is 0 Å². The van der Waals surface area contributed by atoms with E-state index in [0.717, 1.165) is 35.2 Å². The lowest BCUT2D eigenvalue weighted by Crippen LogP contribution is -2.50. The molecule has 182 valence electrons. The van der Waals surface area contributed by atoms with Crippen molar-refractivity contribution in [2.75, 3.05) is 55.1 Å². The third-order valence-electron chi connectivity index (χ3n) is 6.58. The highest BCUT2D eigenvalue weighted by molar-refractivity contribution is 7.92. The van der Waals surface area contributed by atoms with Crippen LogP contribution < -0.4 is 9.62 Å². The Balaban J connectivity index is 1.34. The highest BCUT2D eigenvalue weighted by Crippen LogP contribution is 2.30. The van der Waals surface area contributed by atoms with E-state index in [0.29, 0.717) is 44.0 Å². The van der Waals surface area contributed by atoms with E-state index in [-0.39, 0.29) is 18.4 Å². The lowest BCUT2D eigenvalue weighted by Gasteiger charge is -2.35. The first-order valence-electron chi connectivity index (χ1n) is 11.6. The third-order valence-corrected chi connectivity index (χ3v) is 7.75. The Bertz CT molecular complexity index is 1180. The van der Waals surface area contributed by atoms with Gasteiger partial charge in [0.2, 0.25) is 15.9 Å². The molecule has 0 atom stereocenters. The van der Waals surface area contributed by atoms with Crippen LogP contribution in [0.15, 0.2) is 36.4 Å². The molecule has 0 bridgehead atoms. The summed E-state index contributed by atoms with van der Waals surface area (Å²) in [6.45, 7) is 7.05. The lowest BCUT2D eigenvalue weighted by atomic mass is 10.00. The molecule has 0 aliphatic carbocycles. The van der Waals surface area contributed by atoms with Crippen molar-refractivity contribution in [3.05, 3.63) is 58.7 Å². The Hall–Kier alpha value is -2.91. The first-order chi connectivity index (χ1) is 16.1. The van der Waals surface area contributed by atoms with Gasteiger partial charge in [-0.2, -0.15) is 0 Å². The van der Waals surface area contributed by atoms with E-state index < -0.39 is 10.0 Å². The first-order valence-corrected chi connectivity index (χ1v) is 13.5. The van der Waals surface area contributed by atoms with Crippen LogP contribution in [0.5, 0.6) is 0 Å². The summed E-state index contributed by atoms with van der Waals surface area (Å²) in [6.07, 6.45) is 2.70. The summed E-state index contributed by atoms with van der Waals surface area (Å²) in [6, 6.07) is 11.2. The van der Waals surface area contributed by atoms with Gasteiger partial charge in [-0.15, -0.1) is 0 Å². The predicted octanol–water partition coefficient (Wildman–Crippen LogP) is 2.41. The van der Waals surface area contributed by atoms with Gasteiger partial charge in [0.05, 0.1) is 18.5 Å². The molecule has 2 aliphatic rings. The Labute approximate surface area is 201 Å². The van der Waals surface area contributed by atoms with Gasteiger partial charge >= 0.3 is 0 Å². The molecule has 0 saturated carbocycles. The van der Waals surface area contributed by atoms with Crippen LogP contribution in [0.4, 0.5) is 11.4 Å². The summed E-state index contributed by atoms with van der Waals surface area (Å²) in [7, 11) is -3.33. The number of nitrogens with one attached hydrogen (secondary N) is 1. The number of fused-ring (bicyclic) bond motifs is 1. The number of hydrogen-bond donors (Lipinski definition) is 1. The average Bonchev–Trinajstić information content (AvgIpc) is 2.80. The van der Waals surface area contributed by atoms with Gasteiger partial charge in [-0.25, -0.2) is 8.42 Å². The zero-order valence-corrected chi connectivity index (χ0v) is 20.8. The van der Waals surface area contributed by atoms with Crippen LogP contribution in [0.1, 0.15) is 33.5 Å². The Morgan fingerprint density at radius 2 is 1.65 bits per heavy atom. The molecule has 0 aromatic heterocycles. The standard InChI is InChI=1S/C25H32N4O4S/c1-18-6-4-7-19(2)24(18)26-23(30)17-27-12-14-28(15-13-27)25(31)21-9-10-22-20(16-21)8-5-11-29(22)34(3,32)33/h4,6-7,9-10,16H,5,8,11-15,17H2,1-3H3,(H,26,30). The third kappa shape index (κ3) is 5.26. The highest BCUT2D eigenvalue weighted by Gasteiger charge is 2.27. The number of nitrogens with zero attached hydrogens (tertiary/aromatic N) is 3. The Morgan fingerprint density at radius 1 is 0.971 bits per heavy atom. The van der Waals surface area contributed by atoms with E-state index in [9.17, 15) is 18.0 Å². The van der Waals surface area contributed by atoms with Crippen LogP contribution in [0.3, 0.4) is 0 Å². The first kappa shape index (κ1) is 24.2. The van der Waals surface area contributed by atoms with Crippen LogP contribution in [0.2, 0.25) is 0 Å². The SMILES string of the molecule is Cc1cccc(C)c1NC(=O)CN1CCN(C(=O)c2ccc3c(c2)CCCN3S(C)(=O)=O)CC1. The fourth-order valence-corrected chi connectivity index (χ4v) is 5.72. The average molecular weight is 485 g/mol. The molecule has 34 heavy (non-hydrogen) atoms. The van der Waals surface area contributed by atoms with Crippen molar-refractivity contribution in [1.29, 1.82) is 0 Å². The van der Waals surface area contributed by atoms with Gasteiger partial charge < -0.3 is 10.2 Å². The molecule has 9 heteroatoms. The summed E-state index contributed by atoms with van der Waals surface area (Å²) >= 11 is 0. The van der Waals surface area contributed by atoms with Crippen LogP contribution in [0, 0.1) is 13.8 Å². The van der Waals surface area contributed by atoms with Crippen molar-refractivity contribution in [2.24, 2.45) is 0 Å². The van der Waals surface area contributed by atoms with Crippen molar-refractivity contribution in [1.82, 2.24) is 9.80 Å². The van der Waals surface area contributed by atoms with Gasteiger partial charge in [-0.05, 0) is 61.6 Å². The second kappa shape index (κ2) is 9.76. The topological polar surface area (TPSA) is 90.0 Å². The number of benzene rings is 2. The highest BCUT2D eigenvalue weighted by atomic mass is 32.2. The molecule has 8 nitrogen and oxygen atoms in total. The summed E-state index contributed by atoms with van der Waals surface area (Å²) in [5, 5.41) is 3.02. The molecule has 1 N–H and O–H groups in total. The molecular formula is C25H32N4O4S. The van der Waals surface area contributed by atoms with Gasteiger partial charge in [0.15, 0.2) is 0 Å². The second-order valence-electron chi connectivity index (χ2n) is 9.17. The van der Waals surface area contributed by atoms with Crippen LogP contribution in [0.25, 0.3) is 0 Å². The zero-order chi connectivity index (χ0) is 24.5. The fraction of sp³-hybridized carbons (Fsp3) is 0.440. The van der Waals surface area contributed by atoms with E-state index in [2.05, 4.69) is 10.2 Å². The molecule has 0 radical (unpaired) electrons. The summed E-state index contributed by atoms with van der Waals surface area (Å²) in [4.78, 5) is 29.5. The molecule has 0 unspecified atom stereocenters. The zero-order valence-electron chi connectivity index (χ0n) is 20.0. The summed E-state index contributed by atoms with van der Waals surface area (Å²) < 4.78 is 25.6. The molecule has 2 heterocycles. The minimum atomic E-state index is -3.33. The van der Waals surface area contributed by atoms with Crippen molar-refractivity contribution in [3.63, 3.8) is 0 Å². The number of carbonyl (C=O) groups excluding carboxylic acids is 2. The monoisotopic (exact) mass is 484 g/mol. The molecule has 0 spiro atoms. The smallest absolute Gasteiger partial charge is 0.253 e. The molecule has 2 aromatic rings. The van der Waals surface area contributed by atoms with Crippen molar-refractivity contribution in [2.45, 2.75) is 26.7 Å². The number of carbonyl (C=O) groups is 2. The normalized spacial score (nSPS) is 16.8. The van der Waals surface area contributed by atoms with Crippen LogP contribution in [-0.2, 0) is 21.2 Å². The van der Waals surface area contributed by atoms with Gasteiger partial charge in [-0.3, -0.25) is 18.8 Å². The molecule has 1 fully saturated rings. The minimum absolute atomic E-state index is 0.0534. The number of piperazine rings is 1. The number of amides is 2. The Kier molecular flexibility index (Phi) is 6.95. The predicted molar refractivity (Wildman–Crippen MR) is 134 cm³/mol. The van der Waals surface area contributed by atoms with Crippen molar-refractivity contribution in [3.8, 4) is 0 Å². The van der Waals surface area contributed by atoms with Gasteiger partial charge in [0.1, 0.15) is 0 Å². The second-order valence-corrected chi connectivity index (χ2v) is 11.1. The largest absolute Gasteiger partial charge is 0.336 e. The molecule has 2 aliphatic heterocycles. The molecule has 1 saturated heterocycles. The maximum absolute atomic E-state index is 13.1. The number of sulfonamides is 1. The fourth-order valence-electron chi connectivity index (χ4n) is 4.73. The van der Waals surface area contributed by atoms with E-state index >= 15 is 0 Å². The van der Waals surface area contributed by atoms with Gasteiger partial charge in [0.25, 0.3) is 5.91 Å². The Morgan fingerprint density at radius 3 is 2.29 bits per heavy atom. The number of aryl methyl sites for hydroxylation is 3. The van der Waals surface area contributed by atoms with Crippen LogP contribution >= 0.6 is 0 Å². The van der Waals surface area contributed by atoms with E-state index in [1.807, 2.05) is 38.1 Å². The van der Waals surface area contributed by atoms with Gasteiger partial charge in [0, 0.05) is 44.0 Å². The quantitative estimate of drug-likeness (QED) is 0.704. The molecule has 2 aromatic carbocycles. The number of hydrogen-bond acceptors (Lipinski definition) is 5. The number of anilines is 2. The molecule has 4 rings (SSSR count). The van der Waals surface area contributed by atoms with E-state index in [1.165, 1.54) is 10.6 Å². The summed E-state index contributed by atoms with van der Waals surface area (Å²) in [5.41, 5.74) is 5.08. The van der Waals surface area contributed by atoms with Gasteiger partial charge in [-0.1, -0.05) is 18.2 Å². The molecular weight excluding hydrogens is 452 g/mol.